The van der Waals surface area contributed by atoms with Crippen LogP contribution in [0.3, 0.4) is 0 Å². The molecule has 5 rings (SSSR count). The molecule has 3 heterocycles. The van der Waals surface area contributed by atoms with Gasteiger partial charge in [-0.3, -0.25) is 9.80 Å². The Kier molecular flexibility index (Phi) is 7.05. The standard InChI is InChI=1S/C27H33N3O3/c1-21-26(20-30-12-6-7-22(19-30)18-29-13-15-31-16-14-29)28-27(32-21)23-8-5-11-25(17-23)33-24-9-3-2-4-10-24/h2-5,8-11,17,22H,6-7,12-16,18-20H2,1H3/t22-/m0/s1. The van der Waals surface area contributed by atoms with Crippen LogP contribution in [-0.4, -0.2) is 60.7 Å². The molecule has 33 heavy (non-hydrogen) atoms. The molecule has 2 fully saturated rings. The number of aryl methyl sites for hydroxylation is 1. The van der Waals surface area contributed by atoms with Crippen LogP contribution >= 0.6 is 0 Å². The summed E-state index contributed by atoms with van der Waals surface area (Å²) in [5.41, 5.74) is 1.97. The van der Waals surface area contributed by atoms with Crippen molar-refractivity contribution >= 4 is 0 Å². The van der Waals surface area contributed by atoms with E-state index in [9.17, 15) is 0 Å². The van der Waals surface area contributed by atoms with E-state index in [2.05, 4.69) is 9.80 Å². The number of hydrogen-bond acceptors (Lipinski definition) is 6. The molecule has 2 aromatic carbocycles. The quantitative estimate of drug-likeness (QED) is 0.509. The van der Waals surface area contributed by atoms with E-state index in [0.29, 0.717) is 5.89 Å². The van der Waals surface area contributed by atoms with Crippen molar-refractivity contribution in [1.82, 2.24) is 14.8 Å². The maximum atomic E-state index is 6.08. The van der Waals surface area contributed by atoms with Crippen molar-refractivity contribution in [2.45, 2.75) is 26.3 Å². The first kappa shape index (κ1) is 22.1. The normalized spacial score (nSPS) is 20.1. The highest BCUT2D eigenvalue weighted by Gasteiger charge is 2.24. The second-order valence-electron chi connectivity index (χ2n) is 9.12. The topological polar surface area (TPSA) is 51.0 Å². The van der Waals surface area contributed by atoms with Crippen molar-refractivity contribution in [3.63, 3.8) is 0 Å². The van der Waals surface area contributed by atoms with Gasteiger partial charge in [0.2, 0.25) is 5.89 Å². The number of rotatable bonds is 7. The van der Waals surface area contributed by atoms with E-state index in [1.807, 2.05) is 61.5 Å². The van der Waals surface area contributed by atoms with Crippen LogP contribution in [0.4, 0.5) is 0 Å². The van der Waals surface area contributed by atoms with Crippen LogP contribution in [-0.2, 0) is 11.3 Å². The van der Waals surface area contributed by atoms with Gasteiger partial charge in [0.05, 0.1) is 18.9 Å². The van der Waals surface area contributed by atoms with Crippen LogP contribution in [0.15, 0.2) is 59.0 Å². The summed E-state index contributed by atoms with van der Waals surface area (Å²) in [4.78, 5) is 9.97. The van der Waals surface area contributed by atoms with Crippen LogP contribution in [0, 0.1) is 12.8 Å². The van der Waals surface area contributed by atoms with Crippen molar-refractivity contribution in [1.29, 1.82) is 0 Å². The van der Waals surface area contributed by atoms with E-state index in [1.165, 1.54) is 19.4 Å². The summed E-state index contributed by atoms with van der Waals surface area (Å²) in [6.45, 7) is 10.2. The van der Waals surface area contributed by atoms with Gasteiger partial charge < -0.3 is 13.9 Å². The van der Waals surface area contributed by atoms with E-state index < -0.39 is 0 Å². The van der Waals surface area contributed by atoms with Gasteiger partial charge in [0, 0.05) is 38.3 Å². The molecule has 0 bridgehead atoms. The molecule has 3 aromatic rings. The minimum Gasteiger partial charge on any atom is -0.457 e. The van der Waals surface area contributed by atoms with Gasteiger partial charge in [-0.25, -0.2) is 4.98 Å². The molecule has 6 heteroatoms. The summed E-state index contributed by atoms with van der Waals surface area (Å²) in [5.74, 6) is 3.86. The molecule has 0 spiro atoms. The van der Waals surface area contributed by atoms with Crippen LogP contribution in [0.25, 0.3) is 11.5 Å². The van der Waals surface area contributed by atoms with Gasteiger partial charge in [0.25, 0.3) is 0 Å². The number of ether oxygens (including phenoxy) is 2. The Bertz CT molecular complexity index is 1030. The molecule has 174 valence electrons. The summed E-state index contributed by atoms with van der Waals surface area (Å²) in [5, 5.41) is 0. The summed E-state index contributed by atoms with van der Waals surface area (Å²) < 4.78 is 17.6. The summed E-state index contributed by atoms with van der Waals surface area (Å²) in [6, 6.07) is 17.8. The molecule has 0 saturated carbocycles. The van der Waals surface area contributed by atoms with Crippen molar-refractivity contribution in [3.8, 4) is 23.0 Å². The number of morpholine rings is 1. The second-order valence-corrected chi connectivity index (χ2v) is 9.12. The molecule has 1 atom stereocenters. The molecular weight excluding hydrogens is 414 g/mol. The lowest BCUT2D eigenvalue weighted by Crippen LogP contribution is -2.44. The zero-order chi connectivity index (χ0) is 22.5. The van der Waals surface area contributed by atoms with Crippen molar-refractivity contribution in [2.24, 2.45) is 5.92 Å². The number of oxazole rings is 1. The Labute approximate surface area is 196 Å². The predicted octanol–water partition coefficient (Wildman–Crippen LogP) is 4.99. The predicted molar refractivity (Wildman–Crippen MR) is 128 cm³/mol. The highest BCUT2D eigenvalue weighted by molar-refractivity contribution is 5.57. The number of benzene rings is 2. The van der Waals surface area contributed by atoms with Gasteiger partial charge in [0.15, 0.2) is 0 Å². The fourth-order valence-electron chi connectivity index (χ4n) is 4.82. The number of piperidine rings is 1. The van der Waals surface area contributed by atoms with E-state index in [0.717, 1.165) is 80.4 Å². The molecule has 2 saturated heterocycles. The van der Waals surface area contributed by atoms with Crippen molar-refractivity contribution in [3.05, 3.63) is 66.1 Å². The average Bonchev–Trinajstić information content (AvgIpc) is 3.21. The van der Waals surface area contributed by atoms with Crippen molar-refractivity contribution in [2.75, 3.05) is 45.9 Å². The van der Waals surface area contributed by atoms with Gasteiger partial charge in [0.1, 0.15) is 17.3 Å². The highest BCUT2D eigenvalue weighted by Crippen LogP contribution is 2.29. The van der Waals surface area contributed by atoms with Crippen LogP contribution in [0.1, 0.15) is 24.3 Å². The third kappa shape index (κ3) is 5.82. The first-order valence-electron chi connectivity index (χ1n) is 12.0. The minimum absolute atomic E-state index is 0.655. The molecule has 0 aliphatic carbocycles. The number of hydrogen-bond donors (Lipinski definition) is 0. The molecule has 0 amide bonds. The average molecular weight is 448 g/mol. The number of likely N-dealkylation sites (tertiary alicyclic amines) is 1. The third-order valence-electron chi connectivity index (χ3n) is 6.55. The zero-order valence-corrected chi connectivity index (χ0v) is 19.4. The van der Waals surface area contributed by atoms with Gasteiger partial charge >= 0.3 is 0 Å². The maximum Gasteiger partial charge on any atom is 0.226 e. The summed E-state index contributed by atoms with van der Waals surface area (Å²) in [7, 11) is 0. The summed E-state index contributed by atoms with van der Waals surface area (Å²) in [6.07, 6.45) is 2.56. The Hall–Kier alpha value is -2.67. The van der Waals surface area contributed by atoms with Crippen LogP contribution < -0.4 is 4.74 Å². The Morgan fingerprint density at radius 3 is 2.64 bits per heavy atom. The molecule has 6 nitrogen and oxygen atoms in total. The minimum atomic E-state index is 0.655. The van der Waals surface area contributed by atoms with Gasteiger partial charge in [-0.2, -0.15) is 0 Å². The Morgan fingerprint density at radius 1 is 0.970 bits per heavy atom. The molecule has 0 radical (unpaired) electrons. The third-order valence-corrected chi connectivity index (χ3v) is 6.55. The van der Waals surface area contributed by atoms with Gasteiger partial charge in [-0.1, -0.05) is 24.3 Å². The molecule has 0 N–H and O–H groups in total. The number of aromatic nitrogens is 1. The summed E-state index contributed by atoms with van der Waals surface area (Å²) >= 11 is 0. The molecule has 2 aliphatic heterocycles. The monoisotopic (exact) mass is 447 g/mol. The Balaban J connectivity index is 1.23. The van der Waals surface area contributed by atoms with Crippen LogP contribution in [0.2, 0.25) is 0 Å². The van der Waals surface area contributed by atoms with Gasteiger partial charge in [-0.15, -0.1) is 0 Å². The molecule has 2 aliphatic rings. The SMILES string of the molecule is Cc1oc(-c2cccc(Oc3ccccc3)c2)nc1CN1CCC[C@@H](CN2CCOCC2)C1. The second kappa shape index (κ2) is 10.5. The van der Waals surface area contributed by atoms with Crippen LogP contribution in [0.5, 0.6) is 11.5 Å². The fourth-order valence-corrected chi connectivity index (χ4v) is 4.82. The van der Waals surface area contributed by atoms with Gasteiger partial charge in [-0.05, 0) is 62.6 Å². The van der Waals surface area contributed by atoms with E-state index >= 15 is 0 Å². The Morgan fingerprint density at radius 2 is 1.79 bits per heavy atom. The van der Waals surface area contributed by atoms with E-state index in [1.54, 1.807) is 0 Å². The fraction of sp³-hybridized carbons (Fsp3) is 0.444. The smallest absolute Gasteiger partial charge is 0.226 e. The molecular formula is C27H33N3O3. The molecule has 1 aromatic heterocycles. The lowest BCUT2D eigenvalue weighted by atomic mass is 9.97. The maximum absolute atomic E-state index is 6.08. The van der Waals surface area contributed by atoms with E-state index in [4.69, 9.17) is 18.9 Å². The lowest BCUT2D eigenvalue weighted by molar-refractivity contribution is 0.0223. The lowest BCUT2D eigenvalue weighted by Gasteiger charge is -2.36. The number of nitrogens with zero attached hydrogens (tertiary/aromatic N) is 3. The first-order chi connectivity index (χ1) is 16.2. The number of para-hydroxylation sites is 1. The van der Waals surface area contributed by atoms with E-state index in [-0.39, 0.29) is 0 Å². The first-order valence-corrected chi connectivity index (χ1v) is 12.0. The van der Waals surface area contributed by atoms with Crippen molar-refractivity contribution < 1.29 is 13.9 Å². The zero-order valence-electron chi connectivity index (χ0n) is 19.4. The highest BCUT2D eigenvalue weighted by atomic mass is 16.5. The largest absolute Gasteiger partial charge is 0.457 e. The molecule has 0 unspecified atom stereocenters.